The average molecular weight is 477 g/mol. The summed E-state index contributed by atoms with van der Waals surface area (Å²) in [6, 6.07) is 13.3. The van der Waals surface area contributed by atoms with Gasteiger partial charge in [0, 0.05) is 37.7 Å². The Morgan fingerprint density at radius 1 is 1.09 bits per heavy atom. The van der Waals surface area contributed by atoms with Crippen LogP contribution in [0.4, 0.5) is 17.2 Å². The summed E-state index contributed by atoms with van der Waals surface area (Å²) in [5, 5.41) is 10.2. The van der Waals surface area contributed by atoms with Crippen LogP contribution in [-0.2, 0) is 26.5 Å². The van der Waals surface area contributed by atoms with Crippen molar-refractivity contribution in [2.24, 2.45) is 13.0 Å². The van der Waals surface area contributed by atoms with E-state index in [0.717, 1.165) is 0 Å². The first-order chi connectivity index (χ1) is 16.3. The number of sulfone groups is 1. The number of nitrogens with zero attached hydrogens (tertiary/aromatic N) is 2. The van der Waals surface area contributed by atoms with Crippen LogP contribution in [0.2, 0.25) is 0 Å². The fraction of sp³-hybridized carbons (Fsp3) is 0.240. The Hall–Kier alpha value is -3.72. The van der Waals surface area contributed by atoms with E-state index in [1.54, 1.807) is 60.4 Å². The van der Waals surface area contributed by atoms with Gasteiger partial charge in [0.25, 0.3) is 5.91 Å². The molecule has 1 amide bonds. The molecule has 3 aromatic rings. The first-order valence-electron chi connectivity index (χ1n) is 11.1. The molecule has 0 radical (unpaired) electrons. The number of rotatable bonds is 4. The van der Waals surface area contributed by atoms with Gasteiger partial charge < -0.3 is 10.6 Å². The smallest absolute Gasteiger partial charge is 0.257 e. The van der Waals surface area contributed by atoms with Crippen molar-refractivity contribution in [3.8, 4) is 0 Å². The maximum absolute atomic E-state index is 13.3. The van der Waals surface area contributed by atoms with Gasteiger partial charge >= 0.3 is 0 Å². The molecule has 8 nitrogen and oxygen atoms in total. The quantitative estimate of drug-likeness (QED) is 0.429. The van der Waals surface area contributed by atoms with Crippen LogP contribution in [0.25, 0.3) is 5.57 Å². The highest BCUT2D eigenvalue weighted by molar-refractivity contribution is 7.92. The Labute approximate surface area is 197 Å². The summed E-state index contributed by atoms with van der Waals surface area (Å²) in [4.78, 5) is 25.4. The number of carbonyl (C=O) groups excluding carboxylic acids is 2. The average Bonchev–Trinajstić information content (AvgIpc) is 3.22. The number of amides is 1. The zero-order valence-electron chi connectivity index (χ0n) is 18.6. The van der Waals surface area contributed by atoms with E-state index in [1.165, 1.54) is 6.07 Å². The lowest BCUT2D eigenvalue weighted by molar-refractivity contribution is -0.120. The van der Waals surface area contributed by atoms with Crippen molar-refractivity contribution in [1.82, 2.24) is 9.78 Å². The van der Waals surface area contributed by atoms with Crippen molar-refractivity contribution in [3.63, 3.8) is 0 Å². The van der Waals surface area contributed by atoms with Gasteiger partial charge in [0.1, 0.15) is 5.78 Å². The van der Waals surface area contributed by atoms with Crippen LogP contribution in [0.15, 0.2) is 70.6 Å². The molecular weight excluding hydrogens is 452 g/mol. The molecule has 2 N–H and O–H groups in total. The highest BCUT2D eigenvalue weighted by atomic mass is 32.2. The summed E-state index contributed by atoms with van der Waals surface area (Å²) in [7, 11) is -1.91. The first kappa shape index (κ1) is 22.1. The summed E-state index contributed by atoms with van der Waals surface area (Å²) in [5.41, 5.74) is 1.94. The monoisotopic (exact) mass is 476 g/mol. The van der Waals surface area contributed by atoms with Crippen LogP contribution in [0, 0.1) is 5.92 Å². The Kier molecular flexibility index (Phi) is 5.57. The van der Waals surface area contributed by atoms with Gasteiger partial charge in [0.05, 0.1) is 21.2 Å². The van der Waals surface area contributed by atoms with Crippen LogP contribution in [-0.4, -0.2) is 29.9 Å². The zero-order chi connectivity index (χ0) is 23.9. The van der Waals surface area contributed by atoms with Crippen molar-refractivity contribution < 1.29 is 18.0 Å². The minimum atomic E-state index is -3.68. The molecule has 0 unspecified atom stereocenters. The van der Waals surface area contributed by atoms with Crippen LogP contribution >= 0.6 is 0 Å². The number of ketones is 1. The van der Waals surface area contributed by atoms with E-state index in [9.17, 15) is 18.0 Å². The van der Waals surface area contributed by atoms with E-state index in [2.05, 4.69) is 15.7 Å². The lowest BCUT2D eigenvalue weighted by atomic mass is 9.86. The van der Waals surface area contributed by atoms with Crippen LogP contribution in [0.1, 0.15) is 31.2 Å². The molecule has 1 aromatic heterocycles. The lowest BCUT2D eigenvalue weighted by Crippen LogP contribution is -2.18. The normalized spacial score (nSPS) is 17.4. The maximum Gasteiger partial charge on any atom is 0.257 e. The Morgan fingerprint density at radius 3 is 2.56 bits per heavy atom. The molecule has 9 heteroatoms. The van der Waals surface area contributed by atoms with Gasteiger partial charge in [-0.05, 0) is 48.6 Å². The summed E-state index contributed by atoms with van der Waals surface area (Å²) in [6.45, 7) is 0. The third-order valence-electron chi connectivity index (χ3n) is 6.22. The summed E-state index contributed by atoms with van der Waals surface area (Å²) in [6.07, 6.45) is 6.00. The van der Waals surface area contributed by atoms with E-state index in [0.29, 0.717) is 54.0 Å². The highest BCUT2D eigenvalue weighted by Gasteiger charge is 2.30. The summed E-state index contributed by atoms with van der Waals surface area (Å²) >= 11 is 0. The number of carbonyl (C=O) groups is 2. The highest BCUT2D eigenvalue weighted by Crippen LogP contribution is 2.40. The van der Waals surface area contributed by atoms with E-state index >= 15 is 0 Å². The van der Waals surface area contributed by atoms with Crippen LogP contribution in [0.5, 0.6) is 0 Å². The van der Waals surface area contributed by atoms with Crippen molar-refractivity contribution in [3.05, 3.63) is 66.4 Å². The molecule has 2 aliphatic rings. The predicted molar refractivity (Wildman–Crippen MR) is 128 cm³/mol. The minimum absolute atomic E-state index is 0.0793. The van der Waals surface area contributed by atoms with Gasteiger partial charge in [-0.3, -0.25) is 14.3 Å². The minimum Gasteiger partial charge on any atom is -0.353 e. The van der Waals surface area contributed by atoms with Crippen molar-refractivity contribution >= 4 is 44.3 Å². The van der Waals surface area contributed by atoms with Gasteiger partial charge in [-0.25, -0.2) is 8.42 Å². The number of Topliss-reactive ketones (excluding diaryl/α,β-unsaturated/α-hetero) is 1. The molecule has 1 aliphatic heterocycles. The number of fused-ring (bicyclic) bond motifs is 2. The summed E-state index contributed by atoms with van der Waals surface area (Å²) in [5.74, 6) is 0.404. The third-order valence-corrected chi connectivity index (χ3v) is 8.09. The molecule has 0 bridgehead atoms. The summed E-state index contributed by atoms with van der Waals surface area (Å²) < 4.78 is 27.8. The van der Waals surface area contributed by atoms with E-state index in [-0.39, 0.29) is 27.4 Å². The van der Waals surface area contributed by atoms with Gasteiger partial charge in [-0.1, -0.05) is 24.3 Å². The number of para-hydroxylation sites is 1. The standard InChI is InChI=1S/C25H24N4O4S/c1-29-13-12-24(28-29)27-25(31)19(14-16-6-9-18(30)10-7-16)17-8-11-23-21(15-17)26-20-4-2-3-5-22(20)34(23,32)33/h2-5,8,11-16,26H,6-7,9-10H2,1H3,(H,27,28,31)/b19-14+. The molecule has 0 saturated heterocycles. The molecule has 2 aromatic carbocycles. The number of aryl methyl sites for hydroxylation is 1. The van der Waals surface area contributed by atoms with E-state index in [4.69, 9.17) is 0 Å². The Balaban J connectivity index is 1.54. The molecule has 5 rings (SSSR count). The van der Waals surface area contributed by atoms with Gasteiger partial charge in [0.2, 0.25) is 9.84 Å². The predicted octanol–water partition coefficient (Wildman–Crippen LogP) is 4.09. The third kappa shape index (κ3) is 4.14. The van der Waals surface area contributed by atoms with E-state index in [1.807, 2.05) is 6.08 Å². The Bertz CT molecular complexity index is 1430. The van der Waals surface area contributed by atoms with Crippen molar-refractivity contribution in [1.29, 1.82) is 0 Å². The zero-order valence-corrected chi connectivity index (χ0v) is 19.4. The number of anilines is 3. The van der Waals surface area contributed by atoms with Crippen molar-refractivity contribution in [2.75, 3.05) is 10.6 Å². The van der Waals surface area contributed by atoms with E-state index < -0.39 is 9.84 Å². The number of benzene rings is 2. The van der Waals surface area contributed by atoms with Gasteiger partial charge in [-0.15, -0.1) is 0 Å². The SMILES string of the molecule is Cn1ccc(NC(=O)/C(=C/C2CCC(=O)CC2)c2ccc3c(c2)Nc2ccccc2S3(=O)=O)n1. The largest absolute Gasteiger partial charge is 0.353 e. The van der Waals surface area contributed by atoms with Crippen molar-refractivity contribution in [2.45, 2.75) is 35.5 Å². The first-order valence-corrected chi connectivity index (χ1v) is 12.6. The molecular formula is C25H24N4O4S. The topological polar surface area (TPSA) is 110 Å². The van der Waals surface area contributed by atoms with Gasteiger partial charge in [0.15, 0.2) is 5.82 Å². The number of hydrogen-bond donors (Lipinski definition) is 2. The number of aromatic nitrogens is 2. The maximum atomic E-state index is 13.3. The second kappa shape index (κ2) is 8.57. The second-order valence-electron chi connectivity index (χ2n) is 8.62. The van der Waals surface area contributed by atoms with Crippen LogP contribution in [0.3, 0.4) is 0 Å². The molecule has 0 atom stereocenters. The Morgan fingerprint density at radius 2 is 1.82 bits per heavy atom. The number of nitrogens with one attached hydrogen (secondary N) is 2. The number of allylic oxidation sites excluding steroid dienone is 1. The molecule has 1 aliphatic carbocycles. The number of hydrogen-bond acceptors (Lipinski definition) is 6. The fourth-order valence-electron chi connectivity index (χ4n) is 4.43. The molecule has 2 heterocycles. The molecule has 174 valence electrons. The molecule has 0 spiro atoms. The molecule has 1 saturated carbocycles. The van der Waals surface area contributed by atoms with Crippen LogP contribution < -0.4 is 10.6 Å². The van der Waals surface area contributed by atoms with Gasteiger partial charge in [-0.2, -0.15) is 5.10 Å². The molecule has 34 heavy (non-hydrogen) atoms. The molecule has 1 fully saturated rings. The fourth-order valence-corrected chi connectivity index (χ4v) is 5.98. The lowest BCUT2D eigenvalue weighted by Gasteiger charge is -2.23. The second-order valence-corrected chi connectivity index (χ2v) is 10.5.